The van der Waals surface area contributed by atoms with Crippen molar-refractivity contribution in [1.29, 1.82) is 0 Å². The molecule has 2 atom stereocenters. The molecule has 4 amide bonds. The van der Waals surface area contributed by atoms with E-state index in [2.05, 4.69) is 15.4 Å². The first kappa shape index (κ1) is 20.3. The Morgan fingerprint density at radius 3 is 2.55 bits per heavy atom. The molecule has 0 aliphatic carbocycles. The maximum atomic E-state index is 12.8. The third-order valence-electron chi connectivity index (χ3n) is 5.34. The third kappa shape index (κ3) is 3.54. The summed E-state index contributed by atoms with van der Waals surface area (Å²) in [7, 11) is 4.53. The molecule has 1 saturated heterocycles. The summed E-state index contributed by atoms with van der Waals surface area (Å²) in [6.07, 6.45) is 0.766. The normalized spacial score (nSPS) is 20.3. The molecule has 2 unspecified atom stereocenters. The number of aliphatic imine (C=N–C) groups is 1. The van der Waals surface area contributed by atoms with Gasteiger partial charge < -0.3 is 15.1 Å². The van der Waals surface area contributed by atoms with Crippen LogP contribution in [0.4, 0.5) is 10.5 Å². The van der Waals surface area contributed by atoms with Gasteiger partial charge in [-0.25, -0.2) is 14.5 Å². The van der Waals surface area contributed by atoms with Gasteiger partial charge in [0.25, 0.3) is 11.5 Å². The zero-order valence-electron chi connectivity index (χ0n) is 17.2. The van der Waals surface area contributed by atoms with Crippen LogP contribution in [0.25, 0.3) is 11.3 Å². The molecule has 0 spiro atoms. The molecule has 1 aromatic carbocycles. The van der Waals surface area contributed by atoms with Crippen LogP contribution < -0.4 is 10.9 Å². The molecule has 0 bridgehead atoms. The maximum Gasteiger partial charge on any atom is 0.328 e. The number of nitrogens with one attached hydrogen (secondary N) is 1. The molecule has 2 aliphatic heterocycles. The number of urea groups is 1. The number of aromatic nitrogens is 2. The fraction of sp³-hybridized carbons (Fsp3) is 0.300. The van der Waals surface area contributed by atoms with Gasteiger partial charge >= 0.3 is 6.03 Å². The molecular weight excluding hydrogens is 402 g/mol. The molecular formula is C20H21N7O4. The van der Waals surface area contributed by atoms with Crippen molar-refractivity contribution in [2.75, 3.05) is 26.0 Å². The van der Waals surface area contributed by atoms with Gasteiger partial charge in [-0.15, -0.1) is 0 Å². The SMILES string of the molecule is CN1C(=O)C2C(N=CN2CC(=O)Nc2ccccc2-c2ccc(=O)n(C)n2)N(C)C1=O. The van der Waals surface area contributed by atoms with Crippen molar-refractivity contribution in [2.45, 2.75) is 12.2 Å². The molecule has 31 heavy (non-hydrogen) atoms. The van der Waals surface area contributed by atoms with Crippen LogP contribution in [-0.4, -0.2) is 81.5 Å². The predicted molar refractivity (Wildman–Crippen MR) is 112 cm³/mol. The Labute approximate surface area is 177 Å². The van der Waals surface area contributed by atoms with Gasteiger partial charge in [-0.1, -0.05) is 18.2 Å². The van der Waals surface area contributed by atoms with E-state index in [0.717, 1.165) is 4.90 Å². The van der Waals surface area contributed by atoms with Gasteiger partial charge in [-0.2, -0.15) is 5.10 Å². The topological polar surface area (TPSA) is 120 Å². The van der Waals surface area contributed by atoms with Gasteiger partial charge in [0, 0.05) is 32.8 Å². The summed E-state index contributed by atoms with van der Waals surface area (Å²) in [6.45, 7) is -0.124. The standard InChI is InChI=1S/C20H21N7O4/c1-24-18-17(19(30)25(2)20(24)31)27(11-21-18)10-15(28)22-13-7-5-4-6-12(13)14-8-9-16(29)26(3)23-14/h4-9,11,17-18H,10H2,1-3H3,(H,22,28). The number of anilines is 1. The van der Waals surface area contributed by atoms with E-state index >= 15 is 0 Å². The summed E-state index contributed by atoms with van der Waals surface area (Å²) in [5.41, 5.74) is 1.47. The molecule has 11 heteroatoms. The molecule has 0 radical (unpaired) electrons. The lowest BCUT2D eigenvalue weighted by Crippen LogP contribution is -2.64. The fourth-order valence-electron chi connectivity index (χ4n) is 3.66. The Morgan fingerprint density at radius 2 is 1.81 bits per heavy atom. The molecule has 0 saturated carbocycles. The zero-order chi connectivity index (χ0) is 22.3. The van der Waals surface area contributed by atoms with Crippen molar-refractivity contribution >= 4 is 29.9 Å². The molecule has 1 aromatic heterocycles. The van der Waals surface area contributed by atoms with Crippen molar-refractivity contribution in [3.8, 4) is 11.3 Å². The Kier molecular flexibility index (Phi) is 5.01. The number of imide groups is 1. The van der Waals surface area contributed by atoms with E-state index in [9.17, 15) is 19.2 Å². The van der Waals surface area contributed by atoms with Crippen LogP contribution in [-0.2, 0) is 16.6 Å². The number of carbonyl (C=O) groups is 3. The van der Waals surface area contributed by atoms with Crippen molar-refractivity contribution in [2.24, 2.45) is 12.0 Å². The highest BCUT2D eigenvalue weighted by Gasteiger charge is 2.48. The predicted octanol–water partition coefficient (Wildman–Crippen LogP) is -0.0518. The molecule has 1 fully saturated rings. The quantitative estimate of drug-likeness (QED) is 0.736. The van der Waals surface area contributed by atoms with Gasteiger partial charge in [0.2, 0.25) is 5.91 Å². The summed E-state index contributed by atoms with van der Waals surface area (Å²) < 4.78 is 1.22. The first-order chi connectivity index (χ1) is 14.8. The Hall–Kier alpha value is -4.02. The van der Waals surface area contributed by atoms with Gasteiger partial charge in [-0.05, 0) is 12.1 Å². The van der Waals surface area contributed by atoms with E-state index in [4.69, 9.17) is 0 Å². The average molecular weight is 423 g/mol. The first-order valence-corrected chi connectivity index (χ1v) is 9.55. The number of nitrogens with zero attached hydrogens (tertiary/aromatic N) is 6. The van der Waals surface area contributed by atoms with E-state index < -0.39 is 24.1 Å². The number of benzene rings is 1. The van der Waals surface area contributed by atoms with Gasteiger partial charge in [0.15, 0.2) is 12.2 Å². The number of rotatable bonds is 4. The number of aryl methyl sites for hydroxylation is 1. The number of fused-ring (bicyclic) bond motifs is 1. The number of para-hydroxylation sites is 1. The lowest BCUT2D eigenvalue weighted by atomic mass is 10.1. The third-order valence-corrected chi connectivity index (χ3v) is 5.34. The molecule has 2 aromatic rings. The summed E-state index contributed by atoms with van der Waals surface area (Å²) in [4.78, 5) is 57.3. The van der Waals surface area contributed by atoms with Crippen LogP contribution in [0.15, 0.2) is 46.2 Å². The molecule has 160 valence electrons. The highest BCUT2D eigenvalue weighted by Crippen LogP contribution is 2.27. The minimum atomic E-state index is -0.751. The number of likely N-dealkylation sites (N-methyl/N-ethyl adjacent to an activating group) is 2. The van der Waals surface area contributed by atoms with E-state index in [1.807, 2.05) is 0 Å². The summed E-state index contributed by atoms with van der Waals surface area (Å²) in [6, 6.07) is 8.91. The van der Waals surface area contributed by atoms with E-state index in [1.54, 1.807) is 44.4 Å². The van der Waals surface area contributed by atoms with Crippen LogP contribution in [0.3, 0.4) is 0 Å². The Bertz CT molecular complexity index is 1160. The van der Waals surface area contributed by atoms with Crippen molar-refractivity contribution in [3.63, 3.8) is 0 Å². The molecule has 4 rings (SSSR count). The van der Waals surface area contributed by atoms with E-state index in [-0.39, 0.29) is 18.0 Å². The van der Waals surface area contributed by atoms with Crippen molar-refractivity contribution in [3.05, 3.63) is 46.8 Å². The van der Waals surface area contributed by atoms with Gasteiger partial charge in [-0.3, -0.25) is 19.3 Å². The van der Waals surface area contributed by atoms with Crippen molar-refractivity contribution < 1.29 is 14.4 Å². The Balaban J connectivity index is 1.52. The fourth-order valence-corrected chi connectivity index (χ4v) is 3.66. The van der Waals surface area contributed by atoms with Crippen LogP contribution in [0.5, 0.6) is 0 Å². The molecule has 3 heterocycles. The first-order valence-electron chi connectivity index (χ1n) is 9.55. The average Bonchev–Trinajstić information content (AvgIpc) is 3.16. The smallest absolute Gasteiger partial charge is 0.328 e. The van der Waals surface area contributed by atoms with E-state index in [0.29, 0.717) is 16.9 Å². The lowest BCUT2D eigenvalue weighted by Gasteiger charge is -2.39. The van der Waals surface area contributed by atoms with E-state index in [1.165, 1.54) is 33.9 Å². The summed E-state index contributed by atoms with van der Waals surface area (Å²) >= 11 is 0. The van der Waals surface area contributed by atoms with Crippen LogP contribution in [0.1, 0.15) is 0 Å². The maximum absolute atomic E-state index is 12.8. The minimum Gasteiger partial charge on any atom is -0.338 e. The lowest BCUT2D eigenvalue weighted by molar-refractivity contribution is -0.136. The number of hydrogen-bond donors (Lipinski definition) is 1. The number of amides is 4. The monoisotopic (exact) mass is 423 g/mol. The van der Waals surface area contributed by atoms with Gasteiger partial charge in [0.1, 0.15) is 0 Å². The molecule has 11 nitrogen and oxygen atoms in total. The van der Waals surface area contributed by atoms with Gasteiger partial charge in [0.05, 0.1) is 24.3 Å². The molecule has 1 N–H and O–H groups in total. The second kappa shape index (κ2) is 7.67. The highest BCUT2D eigenvalue weighted by atomic mass is 16.2. The van der Waals surface area contributed by atoms with Crippen LogP contribution >= 0.6 is 0 Å². The largest absolute Gasteiger partial charge is 0.338 e. The Morgan fingerprint density at radius 1 is 1.06 bits per heavy atom. The highest BCUT2D eigenvalue weighted by molar-refractivity contribution is 6.03. The second-order valence-corrected chi connectivity index (χ2v) is 7.36. The van der Waals surface area contributed by atoms with Crippen LogP contribution in [0, 0.1) is 0 Å². The van der Waals surface area contributed by atoms with Crippen molar-refractivity contribution in [1.82, 2.24) is 24.5 Å². The summed E-state index contributed by atoms with van der Waals surface area (Å²) in [5.74, 6) is -0.771. The zero-order valence-corrected chi connectivity index (χ0v) is 17.2. The minimum absolute atomic E-state index is 0.124. The van der Waals surface area contributed by atoms with Crippen LogP contribution in [0.2, 0.25) is 0 Å². The molecule has 2 aliphatic rings. The summed E-state index contributed by atoms with van der Waals surface area (Å²) in [5, 5.41) is 7.07. The second-order valence-electron chi connectivity index (χ2n) is 7.36. The number of hydrogen-bond acceptors (Lipinski definition) is 7. The number of carbonyl (C=O) groups excluding carboxylic acids is 3.